The molecule has 1 aliphatic heterocycles. The third-order valence-corrected chi connectivity index (χ3v) is 5.15. The van der Waals surface area contributed by atoms with E-state index < -0.39 is 0 Å². The molecule has 1 amide bonds. The molecule has 156 valence electrons. The van der Waals surface area contributed by atoms with Gasteiger partial charge >= 0.3 is 0 Å². The molecule has 2 heterocycles. The standard InChI is InChI=1S/C23H25N3O4/c1-28-18-8-9-19(20(12-18)29-2)23(27)24-13-21-22-17(10-11-30-21)15-26(25-22)14-16-6-4-3-5-7-16/h3-9,12,15,21H,10-11,13-14H2,1-2H3,(H,24,27). The van der Waals surface area contributed by atoms with Crippen molar-refractivity contribution in [2.75, 3.05) is 27.4 Å². The van der Waals surface area contributed by atoms with E-state index >= 15 is 0 Å². The number of rotatable bonds is 7. The lowest BCUT2D eigenvalue weighted by Crippen LogP contribution is -2.32. The number of amides is 1. The molecule has 0 saturated heterocycles. The van der Waals surface area contributed by atoms with E-state index in [0.717, 1.165) is 12.1 Å². The van der Waals surface area contributed by atoms with Crippen LogP contribution in [0.4, 0.5) is 0 Å². The molecule has 3 aromatic rings. The molecule has 0 spiro atoms. The van der Waals surface area contributed by atoms with E-state index in [2.05, 4.69) is 23.6 Å². The van der Waals surface area contributed by atoms with Crippen LogP contribution >= 0.6 is 0 Å². The Bertz CT molecular complexity index is 1020. The predicted molar refractivity (Wildman–Crippen MR) is 112 cm³/mol. The third kappa shape index (κ3) is 4.31. The van der Waals surface area contributed by atoms with Crippen molar-refractivity contribution >= 4 is 5.91 Å². The fraction of sp³-hybridized carbons (Fsp3) is 0.304. The summed E-state index contributed by atoms with van der Waals surface area (Å²) in [5.74, 6) is 0.866. The van der Waals surface area contributed by atoms with Crippen LogP contribution in [0.3, 0.4) is 0 Å². The quantitative estimate of drug-likeness (QED) is 0.652. The number of fused-ring (bicyclic) bond motifs is 1. The second kappa shape index (κ2) is 9.00. The average Bonchev–Trinajstić information content (AvgIpc) is 3.20. The fourth-order valence-corrected chi connectivity index (χ4v) is 3.61. The third-order valence-electron chi connectivity index (χ3n) is 5.15. The van der Waals surface area contributed by atoms with Gasteiger partial charge in [-0.05, 0) is 29.7 Å². The summed E-state index contributed by atoms with van der Waals surface area (Å²) in [5, 5.41) is 7.68. The molecule has 7 heteroatoms. The predicted octanol–water partition coefficient (Wildman–Crippen LogP) is 2.99. The topological polar surface area (TPSA) is 74.6 Å². The molecule has 0 bridgehead atoms. The van der Waals surface area contributed by atoms with Gasteiger partial charge in [0.1, 0.15) is 17.6 Å². The first-order valence-corrected chi connectivity index (χ1v) is 9.90. The molecular formula is C23H25N3O4. The number of ether oxygens (including phenoxy) is 3. The molecule has 4 rings (SSSR count). The van der Waals surface area contributed by atoms with Crippen LogP contribution in [0, 0.1) is 0 Å². The van der Waals surface area contributed by atoms with Gasteiger partial charge < -0.3 is 19.5 Å². The summed E-state index contributed by atoms with van der Waals surface area (Å²) >= 11 is 0. The zero-order chi connectivity index (χ0) is 20.9. The molecule has 0 radical (unpaired) electrons. The smallest absolute Gasteiger partial charge is 0.255 e. The fourth-order valence-electron chi connectivity index (χ4n) is 3.61. The van der Waals surface area contributed by atoms with E-state index in [9.17, 15) is 4.79 Å². The minimum atomic E-state index is -0.279. The minimum absolute atomic E-state index is 0.228. The Kier molecular flexibility index (Phi) is 5.99. The SMILES string of the molecule is COc1ccc(C(=O)NCC2OCCc3cn(Cc4ccccc4)nc32)c(OC)c1. The van der Waals surface area contributed by atoms with E-state index in [0.29, 0.717) is 36.8 Å². The van der Waals surface area contributed by atoms with Crippen LogP contribution < -0.4 is 14.8 Å². The molecule has 30 heavy (non-hydrogen) atoms. The monoisotopic (exact) mass is 407 g/mol. The van der Waals surface area contributed by atoms with E-state index in [1.54, 1.807) is 25.3 Å². The summed E-state index contributed by atoms with van der Waals surface area (Å²) in [6.07, 6.45) is 2.62. The van der Waals surface area contributed by atoms with E-state index in [4.69, 9.17) is 19.3 Å². The molecular weight excluding hydrogens is 382 g/mol. The zero-order valence-corrected chi connectivity index (χ0v) is 17.1. The molecule has 1 N–H and O–H groups in total. The van der Waals surface area contributed by atoms with Crippen molar-refractivity contribution in [2.24, 2.45) is 0 Å². The summed E-state index contributed by atoms with van der Waals surface area (Å²) in [4.78, 5) is 12.7. The highest BCUT2D eigenvalue weighted by atomic mass is 16.5. The van der Waals surface area contributed by atoms with Crippen LogP contribution in [0.25, 0.3) is 0 Å². The van der Waals surface area contributed by atoms with E-state index in [-0.39, 0.29) is 12.0 Å². The molecule has 1 unspecified atom stereocenters. The van der Waals surface area contributed by atoms with Gasteiger partial charge in [0.25, 0.3) is 5.91 Å². The van der Waals surface area contributed by atoms with Crippen molar-refractivity contribution in [2.45, 2.75) is 19.1 Å². The van der Waals surface area contributed by atoms with Crippen molar-refractivity contribution < 1.29 is 19.0 Å². The van der Waals surface area contributed by atoms with Gasteiger partial charge in [-0.3, -0.25) is 9.48 Å². The summed E-state index contributed by atoms with van der Waals surface area (Å²) in [5.41, 5.74) is 3.69. The van der Waals surface area contributed by atoms with Crippen molar-refractivity contribution in [3.05, 3.63) is 77.1 Å². The molecule has 2 aromatic carbocycles. The number of nitrogens with zero attached hydrogens (tertiary/aromatic N) is 2. The first kappa shape index (κ1) is 20.0. The Morgan fingerprint density at radius 3 is 2.80 bits per heavy atom. The number of aromatic nitrogens is 2. The van der Waals surface area contributed by atoms with Gasteiger partial charge in [0.15, 0.2) is 0 Å². The summed E-state index contributed by atoms with van der Waals surface area (Å²) in [6.45, 7) is 1.65. The number of hydrogen-bond donors (Lipinski definition) is 1. The summed E-state index contributed by atoms with van der Waals surface area (Å²) in [6, 6.07) is 15.3. The van der Waals surface area contributed by atoms with Gasteiger partial charge in [-0.25, -0.2) is 0 Å². The van der Waals surface area contributed by atoms with Gasteiger partial charge in [-0.1, -0.05) is 30.3 Å². The Morgan fingerprint density at radius 1 is 1.20 bits per heavy atom. The van der Waals surface area contributed by atoms with Crippen LogP contribution in [-0.2, 0) is 17.7 Å². The van der Waals surface area contributed by atoms with Gasteiger partial charge in [0.05, 0.1) is 38.6 Å². The van der Waals surface area contributed by atoms with E-state index in [1.807, 2.05) is 22.9 Å². The van der Waals surface area contributed by atoms with Crippen molar-refractivity contribution in [3.63, 3.8) is 0 Å². The average molecular weight is 407 g/mol. The molecule has 0 fully saturated rings. The Labute approximate surface area is 175 Å². The number of methoxy groups -OCH3 is 2. The highest BCUT2D eigenvalue weighted by molar-refractivity contribution is 5.97. The largest absolute Gasteiger partial charge is 0.497 e. The minimum Gasteiger partial charge on any atom is -0.497 e. The van der Waals surface area contributed by atoms with Gasteiger partial charge in [-0.15, -0.1) is 0 Å². The van der Waals surface area contributed by atoms with Crippen LogP contribution in [0.15, 0.2) is 54.7 Å². The number of benzene rings is 2. The van der Waals surface area contributed by atoms with E-state index in [1.165, 1.54) is 18.2 Å². The number of hydrogen-bond acceptors (Lipinski definition) is 5. The van der Waals surface area contributed by atoms with Crippen LogP contribution in [0.5, 0.6) is 11.5 Å². The molecule has 1 aromatic heterocycles. The number of carbonyl (C=O) groups excluding carboxylic acids is 1. The Morgan fingerprint density at radius 2 is 2.03 bits per heavy atom. The molecule has 7 nitrogen and oxygen atoms in total. The maximum Gasteiger partial charge on any atom is 0.255 e. The first-order chi connectivity index (χ1) is 14.7. The number of nitrogens with one attached hydrogen (secondary N) is 1. The highest BCUT2D eigenvalue weighted by Gasteiger charge is 2.26. The van der Waals surface area contributed by atoms with Crippen LogP contribution in [0.1, 0.15) is 33.3 Å². The first-order valence-electron chi connectivity index (χ1n) is 9.90. The van der Waals surface area contributed by atoms with Gasteiger partial charge in [0, 0.05) is 18.8 Å². The molecule has 1 atom stereocenters. The normalized spacial score (nSPS) is 15.3. The van der Waals surface area contributed by atoms with Gasteiger partial charge in [0.2, 0.25) is 0 Å². The maximum atomic E-state index is 12.7. The lowest BCUT2D eigenvalue weighted by molar-refractivity contribution is 0.0383. The molecule has 0 saturated carbocycles. The van der Waals surface area contributed by atoms with Crippen LogP contribution in [0.2, 0.25) is 0 Å². The highest BCUT2D eigenvalue weighted by Crippen LogP contribution is 2.27. The Hall–Kier alpha value is -3.32. The molecule has 0 aliphatic carbocycles. The van der Waals surface area contributed by atoms with Crippen LogP contribution in [-0.4, -0.2) is 43.1 Å². The maximum absolute atomic E-state index is 12.7. The lowest BCUT2D eigenvalue weighted by atomic mass is 10.1. The lowest BCUT2D eigenvalue weighted by Gasteiger charge is -2.22. The second-order valence-corrected chi connectivity index (χ2v) is 7.11. The summed E-state index contributed by atoms with van der Waals surface area (Å²) < 4.78 is 18.4. The zero-order valence-electron chi connectivity index (χ0n) is 17.1. The summed E-state index contributed by atoms with van der Waals surface area (Å²) in [7, 11) is 3.10. The van der Waals surface area contributed by atoms with Crippen molar-refractivity contribution in [3.8, 4) is 11.5 Å². The number of carbonyl (C=O) groups is 1. The second-order valence-electron chi connectivity index (χ2n) is 7.11. The van der Waals surface area contributed by atoms with Gasteiger partial charge in [-0.2, -0.15) is 5.10 Å². The van der Waals surface area contributed by atoms with Crippen molar-refractivity contribution in [1.29, 1.82) is 0 Å². The Balaban J connectivity index is 1.45. The molecule has 1 aliphatic rings. The van der Waals surface area contributed by atoms with Crippen molar-refractivity contribution in [1.82, 2.24) is 15.1 Å².